The lowest BCUT2D eigenvalue weighted by Gasteiger charge is -2.20. The van der Waals surface area contributed by atoms with Crippen LogP contribution < -0.4 is 14.8 Å². The summed E-state index contributed by atoms with van der Waals surface area (Å²) >= 11 is 0. The van der Waals surface area contributed by atoms with Gasteiger partial charge in [-0.1, -0.05) is 11.2 Å². The first kappa shape index (κ1) is 17.7. The van der Waals surface area contributed by atoms with Crippen LogP contribution in [0.4, 0.5) is 10.5 Å². The molecule has 2 heterocycles. The minimum atomic E-state index is -0.282. The minimum Gasteiger partial charge on any atom is -0.454 e. The number of ether oxygens (including phenoxy) is 2. The van der Waals surface area contributed by atoms with Gasteiger partial charge in [0, 0.05) is 24.7 Å². The maximum atomic E-state index is 12.4. The minimum absolute atomic E-state index is 0.224. The van der Waals surface area contributed by atoms with Gasteiger partial charge in [0.2, 0.25) is 6.79 Å². The van der Waals surface area contributed by atoms with Gasteiger partial charge in [0.05, 0.1) is 23.9 Å². The van der Waals surface area contributed by atoms with Crippen LogP contribution >= 0.6 is 0 Å². The lowest BCUT2D eigenvalue weighted by atomic mass is 10.0. The number of nitrogens with zero attached hydrogens (tertiary/aromatic N) is 3. The van der Waals surface area contributed by atoms with Crippen molar-refractivity contribution in [1.82, 2.24) is 4.90 Å². The second-order valence-corrected chi connectivity index (χ2v) is 6.54. The summed E-state index contributed by atoms with van der Waals surface area (Å²) in [5.41, 5.74) is 2.77. The summed E-state index contributed by atoms with van der Waals surface area (Å²) < 4.78 is 10.7. The monoisotopic (exact) mass is 378 g/mol. The van der Waals surface area contributed by atoms with E-state index in [9.17, 15) is 4.79 Å². The summed E-state index contributed by atoms with van der Waals surface area (Å²) in [6.45, 7) is 0.600. The number of hydrogen-bond donors (Lipinski definition) is 1. The normalized spacial score (nSPS) is 16.7. The fourth-order valence-corrected chi connectivity index (χ4v) is 3.05. The Kier molecular flexibility index (Phi) is 4.72. The van der Waals surface area contributed by atoms with Crippen LogP contribution in [0, 0.1) is 11.3 Å². The van der Waals surface area contributed by atoms with Gasteiger partial charge in [-0.2, -0.15) is 5.26 Å². The van der Waals surface area contributed by atoms with Crippen LogP contribution in [-0.4, -0.2) is 43.1 Å². The summed E-state index contributed by atoms with van der Waals surface area (Å²) in [5.74, 6) is 1.41. The molecule has 2 aliphatic heterocycles. The van der Waals surface area contributed by atoms with E-state index in [1.807, 2.05) is 24.3 Å². The van der Waals surface area contributed by atoms with E-state index in [4.69, 9.17) is 19.6 Å². The summed E-state index contributed by atoms with van der Waals surface area (Å²) in [6, 6.07) is 14.2. The topological polar surface area (TPSA) is 96.2 Å². The standard InChI is InChI=1S/C20H18N4O4/c1-24(20(25)22-15-4-2-3-13(7-15)10-21)11-16-9-17(23-28-16)14-5-6-18-19(8-14)27-12-26-18/h2-8,16H,9,11-12H2,1H3,(H,22,25). The zero-order valence-electron chi connectivity index (χ0n) is 15.2. The van der Waals surface area contributed by atoms with Crippen molar-refractivity contribution in [2.45, 2.75) is 12.5 Å². The van der Waals surface area contributed by atoms with E-state index in [1.54, 1.807) is 31.3 Å². The van der Waals surface area contributed by atoms with Gasteiger partial charge in [0.15, 0.2) is 17.6 Å². The Morgan fingerprint density at radius 1 is 1.29 bits per heavy atom. The van der Waals surface area contributed by atoms with Crippen molar-refractivity contribution >= 4 is 17.4 Å². The molecule has 2 amide bonds. The highest BCUT2D eigenvalue weighted by Gasteiger charge is 2.26. The molecule has 8 nitrogen and oxygen atoms in total. The largest absolute Gasteiger partial charge is 0.454 e. The molecule has 0 spiro atoms. The highest BCUT2D eigenvalue weighted by molar-refractivity contribution is 6.01. The van der Waals surface area contributed by atoms with Crippen molar-refractivity contribution < 1.29 is 19.1 Å². The Labute approximate surface area is 161 Å². The van der Waals surface area contributed by atoms with E-state index >= 15 is 0 Å². The Bertz CT molecular complexity index is 982. The fourth-order valence-electron chi connectivity index (χ4n) is 3.05. The van der Waals surface area contributed by atoms with E-state index in [1.165, 1.54) is 4.90 Å². The SMILES string of the molecule is CN(CC1CC(c2ccc3c(c2)OCO3)=NO1)C(=O)Nc1cccc(C#N)c1. The molecule has 4 rings (SSSR count). The third kappa shape index (κ3) is 3.69. The number of benzene rings is 2. The first-order valence-corrected chi connectivity index (χ1v) is 8.77. The summed E-state index contributed by atoms with van der Waals surface area (Å²) in [5, 5.41) is 15.9. The molecule has 0 saturated heterocycles. The number of fused-ring (bicyclic) bond motifs is 1. The molecule has 0 aliphatic carbocycles. The average Bonchev–Trinajstić information content (AvgIpc) is 3.36. The molecular weight excluding hydrogens is 360 g/mol. The van der Waals surface area contributed by atoms with Crippen LogP contribution in [0.3, 0.4) is 0 Å². The molecule has 2 aliphatic rings. The highest BCUT2D eigenvalue weighted by Crippen LogP contribution is 2.33. The van der Waals surface area contributed by atoms with Crippen LogP contribution in [0.15, 0.2) is 47.6 Å². The molecule has 1 unspecified atom stereocenters. The van der Waals surface area contributed by atoms with Gasteiger partial charge in [-0.15, -0.1) is 0 Å². The van der Waals surface area contributed by atoms with Crippen molar-refractivity contribution in [3.05, 3.63) is 53.6 Å². The molecule has 0 radical (unpaired) electrons. The number of anilines is 1. The number of nitriles is 1. The van der Waals surface area contributed by atoms with Gasteiger partial charge in [0.25, 0.3) is 0 Å². The van der Waals surface area contributed by atoms with Crippen LogP contribution in [0.25, 0.3) is 0 Å². The summed E-state index contributed by atoms with van der Waals surface area (Å²) in [7, 11) is 1.69. The molecular formula is C20H18N4O4. The maximum absolute atomic E-state index is 12.4. The zero-order chi connectivity index (χ0) is 19.5. The van der Waals surface area contributed by atoms with Crippen molar-refractivity contribution in [2.24, 2.45) is 5.16 Å². The Balaban J connectivity index is 1.33. The van der Waals surface area contributed by atoms with Gasteiger partial charge in [-0.3, -0.25) is 0 Å². The third-order valence-corrected chi connectivity index (χ3v) is 4.51. The molecule has 0 fully saturated rings. The first-order chi connectivity index (χ1) is 13.6. The molecule has 2 aromatic rings. The molecule has 28 heavy (non-hydrogen) atoms. The average molecular weight is 378 g/mol. The Morgan fingerprint density at radius 2 is 2.14 bits per heavy atom. The molecule has 0 saturated carbocycles. The van der Waals surface area contributed by atoms with Crippen LogP contribution in [0.2, 0.25) is 0 Å². The number of carbonyl (C=O) groups excluding carboxylic acids is 1. The summed E-state index contributed by atoms with van der Waals surface area (Å²) in [4.78, 5) is 19.4. The second kappa shape index (κ2) is 7.48. The first-order valence-electron chi connectivity index (χ1n) is 8.77. The number of hydrogen-bond acceptors (Lipinski definition) is 6. The molecule has 2 aromatic carbocycles. The Hall–Kier alpha value is -3.73. The maximum Gasteiger partial charge on any atom is 0.321 e. The van der Waals surface area contributed by atoms with Gasteiger partial charge in [-0.25, -0.2) is 4.79 Å². The second-order valence-electron chi connectivity index (χ2n) is 6.54. The number of urea groups is 1. The van der Waals surface area contributed by atoms with E-state index in [2.05, 4.69) is 10.5 Å². The summed E-state index contributed by atoms with van der Waals surface area (Å²) in [6.07, 6.45) is 0.350. The number of amides is 2. The van der Waals surface area contributed by atoms with Gasteiger partial charge >= 0.3 is 6.03 Å². The van der Waals surface area contributed by atoms with Crippen molar-refractivity contribution in [1.29, 1.82) is 5.26 Å². The van der Waals surface area contributed by atoms with E-state index in [-0.39, 0.29) is 18.9 Å². The molecule has 8 heteroatoms. The van der Waals surface area contributed by atoms with E-state index in [0.29, 0.717) is 30.0 Å². The number of carbonyl (C=O) groups is 1. The van der Waals surface area contributed by atoms with Crippen molar-refractivity contribution in [2.75, 3.05) is 25.7 Å². The van der Waals surface area contributed by atoms with Gasteiger partial charge in [-0.05, 0) is 36.4 Å². The molecule has 1 atom stereocenters. The van der Waals surface area contributed by atoms with Gasteiger partial charge < -0.3 is 24.5 Å². The molecule has 0 bridgehead atoms. The number of nitrogens with one attached hydrogen (secondary N) is 1. The number of rotatable bonds is 4. The third-order valence-electron chi connectivity index (χ3n) is 4.51. The predicted octanol–water partition coefficient (Wildman–Crippen LogP) is 2.94. The number of oxime groups is 1. The van der Waals surface area contributed by atoms with Crippen LogP contribution in [0.5, 0.6) is 11.5 Å². The van der Waals surface area contributed by atoms with Crippen LogP contribution in [0.1, 0.15) is 17.5 Å². The lowest BCUT2D eigenvalue weighted by molar-refractivity contribution is 0.0672. The zero-order valence-corrected chi connectivity index (χ0v) is 15.2. The van der Waals surface area contributed by atoms with Crippen molar-refractivity contribution in [3.63, 3.8) is 0 Å². The molecule has 1 N–H and O–H groups in total. The van der Waals surface area contributed by atoms with E-state index < -0.39 is 0 Å². The van der Waals surface area contributed by atoms with E-state index in [0.717, 1.165) is 17.0 Å². The predicted molar refractivity (Wildman–Crippen MR) is 101 cm³/mol. The smallest absolute Gasteiger partial charge is 0.321 e. The quantitative estimate of drug-likeness (QED) is 0.882. The fraction of sp³-hybridized carbons (Fsp3) is 0.250. The number of likely N-dealkylation sites (N-methyl/N-ethyl adjacent to an activating group) is 1. The van der Waals surface area contributed by atoms with Gasteiger partial charge in [0.1, 0.15) is 0 Å². The van der Waals surface area contributed by atoms with Crippen molar-refractivity contribution in [3.8, 4) is 17.6 Å². The molecule has 0 aromatic heterocycles. The molecule has 142 valence electrons. The Morgan fingerprint density at radius 3 is 3.00 bits per heavy atom. The lowest BCUT2D eigenvalue weighted by Crippen LogP contribution is -2.37. The van der Waals surface area contributed by atoms with Crippen LogP contribution in [-0.2, 0) is 4.84 Å². The highest BCUT2D eigenvalue weighted by atomic mass is 16.7.